The second-order valence-electron chi connectivity index (χ2n) is 13.9. The van der Waals surface area contributed by atoms with Gasteiger partial charge in [-0.15, -0.1) is 10.2 Å². The van der Waals surface area contributed by atoms with E-state index in [0.29, 0.717) is 41.1 Å². The van der Waals surface area contributed by atoms with E-state index < -0.39 is 16.1 Å². The minimum absolute atomic E-state index is 0.00345. The zero-order chi connectivity index (χ0) is 35.6. The minimum Gasteiger partial charge on any atom is -0.364 e. The van der Waals surface area contributed by atoms with Crippen LogP contribution in [-0.4, -0.2) is 93.5 Å². The maximum Gasteiger partial charge on any atom is 0.274 e. The fourth-order valence-corrected chi connectivity index (χ4v) is 7.53. The Morgan fingerprint density at radius 3 is 2.51 bits per heavy atom. The van der Waals surface area contributed by atoms with E-state index in [1.807, 2.05) is 37.2 Å². The van der Waals surface area contributed by atoms with Crippen molar-refractivity contribution in [3.05, 3.63) is 65.7 Å². The van der Waals surface area contributed by atoms with Crippen LogP contribution < -0.4 is 20.9 Å². The molecule has 2 saturated carbocycles. The Kier molecular flexibility index (Phi) is 8.49. The highest BCUT2D eigenvalue weighted by atomic mass is 32.2. The van der Waals surface area contributed by atoms with Gasteiger partial charge in [0.15, 0.2) is 11.5 Å². The molecule has 3 fully saturated rings. The monoisotopic (exact) mass is 700 g/mol. The van der Waals surface area contributed by atoms with Gasteiger partial charge in [-0.05, 0) is 56.1 Å². The summed E-state index contributed by atoms with van der Waals surface area (Å²) in [7, 11) is 14.1. The van der Waals surface area contributed by atoms with Crippen molar-refractivity contribution >= 4 is 61.2 Å². The lowest BCUT2D eigenvalue weighted by atomic mass is 9.57. The third kappa shape index (κ3) is 6.22. The number of hydrogen-bond acceptors (Lipinski definition) is 10. The van der Waals surface area contributed by atoms with Gasteiger partial charge in [0.1, 0.15) is 5.03 Å². The van der Waals surface area contributed by atoms with Crippen molar-refractivity contribution in [1.29, 1.82) is 0 Å². The summed E-state index contributed by atoms with van der Waals surface area (Å²) in [5.74, 6) is 0.351. The molecule has 2 unspecified atom stereocenters. The van der Waals surface area contributed by atoms with Gasteiger partial charge in [0.25, 0.3) is 5.91 Å². The summed E-state index contributed by atoms with van der Waals surface area (Å²) >= 11 is 0. The Morgan fingerprint density at radius 1 is 1.02 bits per heavy atom. The summed E-state index contributed by atoms with van der Waals surface area (Å²) in [6, 6.07) is 13.1. The molecule has 4 radical (unpaired) electrons. The lowest BCUT2D eigenvalue weighted by molar-refractivity contribution is -0.117. The molecule has 2 aliphatic heterocycles. The highest BCUT2D eigenvalue weighted by Gasteiger charge is 2.42. The molecule has 51 heavy (non-hydrogen) atoms. The van der Waals surface area contributed by atoms with Gasteiger partial charge in [0.05, 0.1) is 67.5 Å². The number of carbonyl (C=O) groups is 2. The van der Waals surface area contributed by atoms with Crippen LogP contribution >= 0.6 is 0 Å². The van der Waals surface area contributed by atoms with Gasteiger partial charge in [0.2, 0.25) is 5.91 Å². The van der Waals surface area contributed by atoms with Gasteiger partial charge in [-0.25, -0.2) is 4.98 Å². The summed E-state index contributed by atoms with van der Waals surface area (Å²) in [4.78, 5) is 34.5. The van der Waals surface area contributed by atoms with Gasteiger partial charge in [-0.2, -0.15) is 5.10 Å². The van der Waals surface area contributed by atoms with Gasteiger partial charge >= 0.3 is 0 Å². The topological polar surface area (TPSA) is 150 Å². The Labute approximate surface area is 301 Å². The van der Waals surface area contributed by atoms with Crippen LogP contribution in [0.4, 0.5) is 22.9 Å². The number of carbonyl (C=O) groups excluding carboxylic acids is 2. The third-order valence-electron chi connectivity index (χ3n) is 10.2. The molecule has 8 rings (SSSR count). The normalized spacial score (nSPS) is 19.4. The third-order valence-corrected chi connectivity index (χ3v) is 11.5. The highest BCUT2D eigenvalue weighted by Crippen LogP contribution is 2.49. The maximum atomic E-state index is 13.3. The molecule has 16 heteroatoms. The Bertz CT molecular complexity index is 2060. The van der Waals surface area contributed by atoms with E-state index in [0.717, 1.165) is 53.9 Å². The molecule has 5 heterocycles. The molecule has 258 valence electrons. The van der Waals surface area contributed by atoms with Crippen LogP contribution in [0.5, 0.6) is 0 Å². The largest absolute Gasteiger partial charge is 0.364 e. The zero-order valence-corrected chi connectivity index (χ0v) is 29.6. The highest BCUT2D eigenvalue weighted by molar-refractivity contribution is 7.84. The SMILES string of the molecule is [B]C([B])(c1cccc(S(=O)CC)n1)N1CC(n2ncc3c2C(C)N(C)c2c(Nc4cc(NC(=O)C5CC5)nnc4C(=O)NC4CC4)cccc2-3)C1. The fraction of sp³-hybridized carbons (Fsp3) is 0.429. The van der Waals surface area contributed by atoms with Crippen molar-refractivity contribution in [3.8, 4) is 11.1 Å². The number of nitrogens with one attached hydrogen (secondary N) is 3. The van der Waals surface area contributed by atoms with Crippen LogP contribution in [0.3, 0.4) is 0 Å². The summed E-state index contributed by atoms with van der Waals surface area (Å²) in [5.41, 5.74) is 5.88. The molecule has 4 aromatic rings. The van der Waals surface area contributed by atoms with Crippen molar-refractivity contribution in [2.45, 2.75) is 68.0 Å². The molecule has 2 amide bonds. The van der Waals surface area contributed by atoms with Gasteiger partial charge in [-0.3, -0.25) is 18.5 Å². The number of aromatic nitrogens is 5. The first-order chi connectivity index (χ1) is 24.5. The molecule has 4 aliphatic rings. The summed E-state index contributed by atoms with van der Waals surface area (Å²) < 4.78 is 14.5. The predicted octanol–water partition coefficient (Wildman–Crippen LogP) is 3.36. The van der Waals surface area contributed by atoms with Gasteiger partial charge in [0, 0.05) is 60.7 Å². The number of nitrogens with zero attached hydrogens (tertiary/aromatic N) is 7. The molecule has 3 aromatic heterocycles. The van der Waals surface area contributed by atoms with Crippen LogP contribution in [0, 0.1) is 5.92 Å². The Balaban J connectivity index is 1.07. The maximum absolute atomic E-state index is 13.3. The van der Waals surface area contributed by atoms with E-state index in [4.69, 9.17) is 20.8 Å². The zero-order valence-electron chi connectivity index (χ0n) is 28.8. The standard InChI is InChI=1S/C35H38B2N10O3S/c1-4-51(50)29-10-6-9-27(41-29)35(36,37)46-17-22(18-46)47-31-19(2)45(3)32-23(24(31)16-38-47)7-5-8-25(32)40-26-15-28(42-33(48)20-11-12-20)43-44-30(26)34(49)39-21-13-14-21/h5-10,15-16,19-22H,4,11-14,17-18H2,1-3H3,(H,39,49)(H2,40,42,43,48). The molecular weight excluding hydrogens is 662 g/mol. The number of pyridine rings is 1. The predicted molar refractivity (Wildman–Crippen MR) is 197 cm³/mol. The molecule has 2 atom stereocenters. The van der Waals surface area contributed by atoms with Crippen LogP contribution in [0.25, 0.3) is 11.1 Å². The van der Waals surface area contributed by atoms with E-state index in [2.05, 4.69) is 53.7 Å². The van der Waals surface area contributed by atoms with Crippen LogP contribution in [-0.2, 0) is 20.9 Å². The van der Waals surface area contributed by atoms with Crippen LogP contribution in [0.2, 0.25) is 0 Å². The molecule has 2 aliphatic carbocycles. The number of para-hydroxylation sites is 1. The van der Waals surface area contributed by atoms with Crippen LogP contribution in [0.1, 0.15) is 73.5 Å². The van der Waals surface area contributed by atoms with E-state index in [1.54, 1.807) is 24.3 Å². The number of likely N-dealkylation sites (tertiary alicyclic amines) is 1. The van der Waals surface area contributed by atoms with Gasteiger partial charge in [-0.1, -0.05) is 25.1 Å². The number of hydrogen-bond donors (Lipinski definition) is 3. The molecule has 0 bridgehead atoms. The van der Waals surface area contributed by atoms with E-state index in [-0.39, 0.29) is 41.6 Å². The molecule has 1 aromatic carbocycles. The second kappa shape index (κ2) is 12.9. The first kappa shape index (κ1) is 33.6. The van der Waals surface area contributed by atoms with Crippen molar-refractivity contribution in [1.82, 2.24) is 35.2 Å². The van der Waals surface area contributed by atoms with E-state index in [1.165, 1.54) is 0 Å². The van der Waals surface area contributed by atoms with Crippen LogP contribution in [0.15, 0.2) is 53.7 Å². The minimum atomic E-state index is -1.33. The van der Waals surface area contributed by atoms with E-state index >= 15 is 0 Å². The van der Waals surface area contributed by atoms with Crippen molar-refractivity contribution < 1.29 is 13.8 Å². The number of rotatable bonds is 11. The molecule has 1 saturated heterocycles. The number of anilines is 4. The molecule has 3 N–H and O–H groups in total. The lowest BCUT2D eigenvalue weighted by Crippen LogP contribution is -2.60. The second-order valence-corrected chi connectivity index (χ2v) is 15.6. The molecular formula is C35H38B2N10O3S. The first-order valence-electron chi connectivity index (χ1n) is 17.4. The van der Waals surface area contributed by atoms with Crippen molar-refractivity contribution in [3.63, 3.8) is 0 Å². The van der Waals surface area contributed by atoms with E-state index in [9.17, 15) is 13.8 Å². The summed E-state index contributed by atoms with van der Waals surface area (Å²) in [6.45, 7) is 5.12. The Hall–Kier alpha value is -4.56. The average molecular weight is 700 g/mol. The average Bonchev–Trinajstić information content (AvgIpc) is 4.05. The summed E-state index contributed by atoms with van der Waals surface area (Å²) in [5, 5.41) is 21.8. The Morgan fingerprint density at radius 2 is 1.78 bits per heavy atom. The lowest BCUT2D eigenvalue weighted by Gasteiger charge is -2.50. The summed E-state index contributed by atoms with van der Waals surface area (Å²) in [6.07, 6.45) is 5.50. The first-order valence-corrected chi connectivity index (χ1v) is 18.7. The molecule has 0 spiro atoms. The van der Waals surface area contributed by atoms with Gasteiger partial charge < -0.3 is 25.8 Å². The van der Waals surface area contributed by atoms with Crippen molar-refractivity contribution in [2.24, 2.45) is 5.92 Å². The van der Waals surface area contributed by atoms with Crippen molar-refractivity contribution in [2.75, 3.05) is 41.4 Å². The number of fused-ring (bicyclic) bond motifs is 3. The number of amides is 2. The fourth-order valence-electron chi connectivity index (χ4n) is 6.81. The number of benzene rings is 1. The molecule has 13 nitrogen and oxygen atoms in total. The quantitative estimate of drug-likeness (QED) is 0.199. The smallest absolute Gasteiger partial charge is 0.274 e.